The van der Waals surface area contributed by atoms with Gasteiger partial charge in [0.2, 0.25) is 0 Å². The van der Waals surface area contributed by atoms with Gasteiger partial charge in [0.15, 0.2) is 0 Å². The van der Waals surface area contributed by atoms with Crippen molar-refractivity contribution < 1.29 is 14.3 Å². The molecule has 0 spiro atoms. The minimum Gasteiger partial charge on any atom is -0.396 e. The predicted octanol–water partition coefficient (Wildman–Crippen LogP) is 2.91. The van der Waals surface area contributed by atoms with Gasteiger partial charge in [-0.05, 0) is 42.9 Å². The highest BCUT2D eigenvalue weighted by Crippen LogP contribution is 2.44. The number of amides is 2. The fourth-order valence-corrected chi connectivity index (χ4v) is 3.57. The molecule has 1 aromatic carbocycles. The molecule has 3 rings (SSSR count). The van der Waals surface area contributed by atoms with Crippen LogP contribution in [-0.2, 0) is 6.54 Å². The molecule has 5 heteroatoms. The molecule has 2 fully saturated rings. The van der Waals surface area contributed by atoms with E-state index in [9.17, 15) is 14.3 Å². The highest BCUT2D eigenvalue weighted by atomic mass is 19.1. The van der Waals surface area contributed by atoms with Gasteiger partial charge in [-0.3, -0.25) is 0 Å². The second-order valence-electron chi connectivity index (χ2n) is 7.12. The molecule has 2 aliphatic rings. The maximum atomic E-state index is 12.9. The number of aliphatic hydroxyl groups excluding tert-OH is 1. The Bertz CT molecular complexity index is 544. The number of nitrogens with one attached hydrogen (secondary N) is 1. The van der Waals surface area contributed by atoms with Gasteiger partial charge in [0.25, 0.3) is 0 Å². The third kappa shape index (κ3) is 4.22. The third-order valence-corrected chi connectivity index (χ3v) is 5.06. The van der Waals surface area contributed by atoms with Crippen molar-refractivity contribution in [3.8, 4) is 0 Å². The van der Waals surface area contributed by atoms with Crippen LogP contribution in [0.5, 0.6) is 0 Å². The molecule has 0 radical (unpaired) electrons. The van der Waals surface area contributed by atoms with Gasteiger partial charge in [0, 0.05) is 25.0 Å². The van der Waals surface area contributed by atoms with Gasteiger partial charge in [0.1, 0.15) is 5.82 Å². The molecule has 1 saturated heterocycles. The zero-order valence-corrected chi connectivity index (χ0v) is 13.4. The molecule has 0 bridgehead atoms. The number of nitrogens with zero attached hydrogens (tertiary/aromatic N) is 1. The van der Waals surface area contributed by atoms with Gasteiger partial charge in [-0.25, -0.2) is 9.18 Å². The summed E-state index contributed by atoms with van der Waals surface area (Å²) in [6.45, 7) is 1.92. The van der Waals surface area contributed by atoms with Crippen LogP contribution < -0.4 is 5.32 Å². The summed E-state index contributed by atoms with van der Waals surface area (Å²) in [5, 5.41) is 12.8. The molecule has 23 heavy (non-hydrogen) atoms. The summed E-state index contributed by atoms with van der Waals surface area (Å²) in [6, 6.07) is 6.06. The molecular formula is C18H25FN2O2. The Kier molecular flexibility index (Phi) is 4.85. The van der Waals surface area contributed by atoms with Gasteiger partial charge in [-0.2, -0.15) is 0 Å². The predicted molar refractivity (Wildman–Crippen MR) is 86.3 cm³/mol. The van der Waals surface area contributed by atoms with Crippen LogP contribution in [0.2, 0.25) is 0 Å². The molecule has 0 aromatic heterocycles. The van der Waals surface area contributed by atoms with E-state index in [1.165, 1.54) is 25.0 Å². The number of rotatable bonds is 5. The van der Waals surface area contributed by atoms with E-state index in [2.05, 4.69) is 5.32 Å². The van der Waals surface area contributed by atoms with Crippen LogP contribution in [0, 0.1) is 17.2 Å². The zero-order valence-electron chi connectivity index (χ0n) is 13.4. The second kappa shape index (κ2) is 6.87. The fourth-order valence-electron chi connectivity index (χ4n) is 3.57. The van der Waals surface area contributed by atoms with E-state index in [0.717, 1.165) is 37.3 Å². The number of benzene rings is 1. The molecule has 1 atom stereocenters. The number of hydrogen-bond acceptors (Lipinski definition) is 2. The first-order valence-corrected chi connectivity index (χ1v) is 8.48. The molecule has 1 aliphatic heterocycles. The van der Waals surface area contributed by atoms with Gasteiger partial charge in [-0.1, -0.05) is 25.0 Å². The quantitative estimate of drug-likeness (QED) is 0.876. The maximum absolute atomic E-state index is 12.9. The summed E-state index contributed by atoms with van der Waals surface area (Å²) in [5.41, 5.74) is 0.760. The lowest BCUT2D eigenvalue weighted by atomic mass is 9.76. The van der Waals surface area contributed by atoms with E-state index in [4.69, 9.17) is 0 Å². The number of carbonyl (C=O) groups excluding carboxylic acids is 1. The number of halogens is 1. The van der Waals surface area contributed by atoms with Crippen molar-refractivity contribution in [1.82, 2.24) is 10.2 Å². The molecule has 2 amide bonds. The first-order valence-electron chi connectivity index (χ1n) is 8.48. The summed E-state index contributed by atoms with van der Waals surface area (Å²) in [4.78, 5) is 14.2. The largest absolute Gasteiger partial charge is 0.396 e. The first kappa shape index (κ1) is 16.2. The van der Waals surface area contributed by atoms with Crippen molar-refractivity contribution in [2.45, 2.75) is 38.6 Å². The molecule has 1 aliphatic carbocycles. The van der Waals surface area contributed by atoms with Crippen LogP contribution in [0.25, 0.3) is 0 Å². The maximum Gasteiger partial charge on any atom is 0.317 e. The van der Waals surface area contributed by atoms with Gasteiger partial charge < -0.3 is 15.3 Å². The molecule has 2 N–H and O–H groups in total. The monoisotopic (exact) mass is 320 g/mol. The Hall–Kier alpha value is -1.62. The van der Waals surface area contributed by atoms with E-state index in [1.807, 2.05) is 4.90 Å². The average molecular weight is 320 g/mol. The minimum atomic E-state index is -0.274. The Morgan fingerprint density at radius 1 is 1.35 bits per heavy atom. The summed E-state index contributed by atoms with van der Waals surface area (Å²) in [5.74, 6) is 0.466. The van der Waals surface area contributed by atoms with E-state index in [-0.39, 0.29) is 23.9 Å². The van der Waals surface area contributed by atoms with Crippen molar-refractivity contribution >= 4 is 6.03 Å². The molecule has 0 unspecified atom stereocenters. The Morgan fingerprint density at radius 3 is 2.74 bits per heavy atom. The summed E-state index contributed by atoms with van der Waals surface area (Å²) in [6.07, 6.45) is 5.50. The fraction of sp³-hybridized carbons (Fsp3) is 0.611. The number of piperidine rings is 1. The lowest BCUT2D eigenvalue weighted by Gasteiger charge is -2.42. The molecule has 126 valence electrons. The van der Waals surface area contributed by atoms with Crippen molar-refractivity contribution in [3.05, 3.63) is 35.6 Å². The van der Waals surface area contributed by atoms with E-state index in [1.54, 1.807) is 12.1 Å². The third-order valence-electron chi connectivity index (χ3n) is 5.06. The van der Waals surface area contributed by atoms with Crippen LogP contribution >= 0.6 is 0 Å². The lowest BCUT2D eigenvalue weighted by Crippen LogP contribution is -2.51. The number of likely N-dealkylation sites (tertiary alicyclic amines) is 1. The molecule has 1 heterocycles. The number of aliphatic hydroxyl groups is 1. The Morgan fingerprint density at radius 2 is 2.09 bits per heavy atom. The zero-order chi connectivity index (χ0) is 16.3. The summed E-state index contributed by atoms with van der Waals surface area (Å²) >= 11 is 0. The van der Waals surface area contributed by atoms with Crippen molar-refractivity contribution in [2.75, 3.05) is 19.7 Å². The standard InChI is InChI=1S/C18H25FN2O2/c19-16-6-4-15(5-7-16)11-20-17(23)21-9-1-8-18(12-21,13-22)10-14-2-3-14/h4-7,14,22H,1-3,8-13H2,(H,20,23)/t18-/m0/s1. The number of carbonyl (C=O) groups is 1. The van der Waals surface area contributed by atoms with Crippen molar-refractivity contribution in [1.29, 1.82) is 0 Å². The van der Waals surface area contributed by atoms with E-state index in [0.29, 0.717) is 13.1 Å². The normalized spacial score (nSPS) is 24.5. The first-order chi connectivity index (χ1) is 11.1. The highest BCUT2D eigenvalue weighted by Gasteiger charge is 2.40. The topological polar surface area (TPSA) is 52.6 Å². The lowest BCUT2D eigenvalue weighted by molar-refractivity contribution is 0.0357. The van der Waals surface area contributed by atoms with Crippen LogP contribution in [0.15, 0.2) is 24.3 Å². The average Bonchev–Trinajstić information content (AvgIpc) is 3.38. The minimum absolute atomic E-state index is 0.0948. The SMILES string of the molecule is O=C(NCc1ccc(F)cc1)N1CCC[C@](CO)(CC2CC2)C1. The van der Waals surface area contributed by atoms with Gasteiger partial charge >= 0.3 is 6.03 Å². The van der Waals surface area contributed by atoms with Crippen molar-refractivity contribution in [2.24, 2.45) is 11.3 Å². The van der Waals surface area contributed by atoms with E-state index < -0.39 is 0 Å². The van der Waals surface area contributed by atoms with E-state index >= 15 is 0 Å². The van der Waals surface area contributed by atoms with Crippen molar-refractivity contribution in [3.63, 3.8) is 0 Å². The van der Waals surface area contributed by atoms with Crippen LogP contribution in [-0.4, -0.2) is 35.7 Å². The molecular weight excluding hydrogens is 295 g/mol. The van der Waals surface area contributed by atoms with Gasteiger partial charge in [-0.15, -0.1) is 0 Å². The van der Waals surface area contributed by atoms with Gasteiger partial charge in [0.05, 0.1) is 6.61 Å². The molecule has 1 aromatic rings. The highest BCUT2D eigenvalue weighted by molar-refractivity contribution is 5.74. The second-order valence-corrected chi connectivity index (χ2v) is 7.12. The van der Waals surface area contributed by atoms with Crippen LogP contribution in [0.3, 0.4) is 0 Å². The summed E-state index contributed by atoms with van der Waals surface area (Å²) in [7, 11) is 0. The number of hydrogen-bond donors (Lipinski definition) is 2. The molecule has 4 nitrogen and oxygen atoms in total. The summed E-state index contributed by atoms with van der Waals surface area (Å²) < 4.78 is 12.9. The Balaban J connectivity index is 1.54. The van der Waals surface area contributed by atoms with Crippen LogP contribution in [0.4, 0.5) is 9.18 Å². The molecule has 1 saturated carbocycles. The number of urea groups is 1. The smallest absolute Gasteiger partial charge is 0.317 e. The Labute approximate surface area is 136 Å². The van der Waals surface area contributed by atoms with Crippen LogP contribution in [0.1, 0.15) is 37.7 Å².